The lowest BCUT2D eigenvalue weighted by Crippen LogP contribution is -2.20. The van der Waals surface area contributed by atoms with Crippen molar-refractivity contribution in [3.63, 3.8) is 0 Å². The number of hydrogen-bond acceptors (Lipinski definition) is 1. The summed E-state index contributed by atoms with van der Waals surface area (Å²) in [6.45, 7) is 7.97. The van der Waals surface area contributed by atoms with Crippen LogP contribution < -0.4 is 5.32 Å². The van der Waals surface area contributed by atoms with E-state index in [4.69, 9.17) is 0 Å². The highest BCUT2D eigenvalue weighted by Crippen LogP contribution is 2.17. The highest BCUT2D eigenvalue weighted by molar-refractivity contribution is 5.17. The van der Waals surface area contributed by atoms with Gasteiger partial charge in [0.2, 0.25) is 0 Å². The van der Waals surface area contributed by atoms with Crippen LogP contribution in [0.2, 0.25) is 0 Å². The van der Waals surface area contributed by atoms with Crippen LogP contribution in [0.5, 0.6) is 0 Å². The topological polar surface area (TPSA) is 12.0 Å². The molecule has 0 radical (unpaired) electrons. The fourth-order valence-electron chi connectivity index (χ4n) is 1.35. The number of rotatable bonds is 4. The second-order valence-corrected chi connectivity index (χ2v) is 5.24. The first-order chi connectivity index (χ1) is 7.38. The Morgan fingerprint density at radius 1 is 1.12 bits per heavy atom. The lowest BCUT2D eigenvalue weighted by molar-refractivity contribution is 0.366. The van der Waals surface area contributed by atoms with Crippen LogP contribution >= 0.6 is 0 Å². The van der Waals surface area contributed by atoms with Crippen LogP contribution in [0.15, 0.2) is 18.2 Å². The molecule has 0 bridgehead atoms. The number of nitrogens with one attached hydrogen (secondary N) is 1. The minimum Gasteiger partial charge on any atom is -0.313 e. The fraction of sp³-hybridized carbons (Fsp3) is 0.538. The van der Waals surface area contributed by atoms with Crippen molar-refractivity contribution in [1.82, 2.24) is 5.32 Å². The summed E-state index contributed by atoms with van der Waals surface area (Å²) in [5, 5.41) is 3.22. The third kappa shape index (κ3) is 4.71. The maximum Gasteiger partial charge on any atom is 0.159 e. The summed E-state index contributed by atoms with van der Waals surface area (Å²) in [5.74, 6) is -1.58. The number of hydrogen-bond donors (Lipinski definition) is 1. The van der Waals surface area contributed by atoms with E-state index in [1.165, 1.54) is 6.07 Å². The smallest absolute Gasteiger partial charge is 0.159 e. The molecule has 0 aliphatic heterocycles. The molecule has 16 heavy (non-hydrogen) atoms. The molecular formula is C13H19F2N. The number of benzene rings is 1. The molecule has 0 spiro atoms. The van der Waals surface area contributed by atoms with Crippen molar-refractivity contribution in [2.45, 2.75) is 33.7 Å². The van der Waals surface area contributed by atoms with Gasteiger partial charge < -0.3 is 5.32 Å². The van der Waals surface area contributed by atoms with E-state index < -0.39 is 11.6 Å². The fourth-order valence-corrected chi connectivity index (χ4v) is 1.35. The Morgan fingerprint density at radius 3 is 2.38 bits per heavy atom. The summed E-state index contributed by atoms with van der Waals surface area (Å²) in [6.07, 6.45) is 1.05. The average Bonchev–Trinajstić information content (AvgIpc) is 2.17. The van der Waals surface area contributed by atoms with Gasteiger partial charge in [-0.1, -0.05) is 26.8 Å². The second-order valence-electron chi connectivity index (χ2n) is 5.24. The van der Waals surface area contributed by atoms with Crippen molar-refractivity contribution < 1.29 is 8.78 Å². The average molecular weight is 227 g/mol. The zero-order valence-corrected chi connectivity index (χ0v) is 10.1. The molecule has 3 heteroatoms. The predicted molar refractivity (Wildman–Crippen MR) is 62.1 cm³/mol. The maximum atomic E-state index is 12.9. The van der Waals surface area contributed by atoms with Crippen molar-refractivity contribution in [2.75, 3.05) is 6.54 Å². The summed E-state index contributed by atoms with van der Waals surface area (Å²) in [7, 11) is 0. The molecule has 0 saturated heterocycles. The van der Waals surface area contributed by atoms with Crippen molar-refractivity contribution in [3.8, 4) is 0 Å². The molecule has 0 aliphatic rings. The van der Waals surface area contributed by atoms with Crippen LogP contribution in [0, 0.1) is 17.0 Å². The van der Waals surface area contributed by atoms with Gasteiger partial charge in [0, 0.05) is 6.54 Å². The first-order valence-corrected chi connectivity index (χ1v) is 5.53. The zero-order chi connectivity index (χ0) is 12.2. The molecule has 90 valence electrons. The summed E-state index contributed by atoms with van der Waals surface area (Å²) >= 11 is 0. The lowest BCUT2D eigenvalue weighted by Gasteiger charge is -2.18. The maximum absolute atomic E-state index is 12.9. The van der Waals surface area contributed by atoms with Gasteiger partial charge in [0.15, 0.2) is 11.6 Å². The highest BCUT2D eigenvalue weighted by Gasteiger charge is 2.09. The zero-order valence-electron chi connectivity index (χ0n) is 10.1. The largest absolute Gasteiger partial charge is 0.313 e. The molecule has 0 heterocycles. The summed E-state index contributed by atoms with van der Waals surface area (Å²) < 4.78 is 25.5. The molecule has 0 aliphatic carbocycles. The van der Waals surface area contributed by atoms with Crippen LogP contribution in [0.1, 0.15) is 32.8 Å². The Hall–Kier alpha value is -0.960. The molecule has 1 N–H and O–H groups in total. The van der Waals surface area contributed by atoms with E-state index in [1.807, 2.05) is 0 Å². The molecular weight excluding hydrogens is 208 g/mol. The third-order valence-corrected chi connectivity index (χ3v) is 2.36. The van der Waals surface area contributed by atoms with Crippen LogP contribution in [0.25, 0.3) is 0 Å². The van der Waals surface area contributed by atoms with Gasteiger partial charge in [-0.15, -0.1) is 0 Å². The van der Waals surface area contributed by atoms with Crippen molar-refractivity contribution in [2.24, 2.45) is 5.41 Å². The second kappa shape index (κ2) is 5.39. The van der Waals surface area contributed by atoms with E-state index in [2.05, 4.69) is 26.1 Å². The van der Waals surface area contributed by atoms with Gasteiger partial charge in [-0.05, 0) is 36.1 Å². The minimum atomic E-state index is -0.793. The van der Waals surface area contributed by atoms with Gasteiger partial charge in [-0.3, -0.25) is 0 Å². The molecule has 0 fully saturated rings. The Kier molecular flexibility index (Phi) is 4.42. The van der Waals surface area contributed by atoms with E-state index in [1.54, 1.807) is 6.07 Å². The Balaban J connectivity index is 2.35. The highest BCUT2D eigenvalue weighted by atomic mass is 19.2. The normalized spacial score (nSPS) is 11.8. The van der Waals surface area contributed by atoms with Gasteiger partial charge in [-0.2, -0.15) is 0 Å². The molecule has 1 rings (SSSR count). The van der Waals surface area contributed by atoms with Crippen LogP contribution in [-0.4, -0.2) is 6.54 Å². The first kappa shape index (κ1) is 13.1. The molecule has 0 atom stereocenters. The Labute approximate surface area is 95.9 Å². The molecule has 0 amide bonds. The summed E-state index contributed by atoms with van der Waals surface area (Å²) in [6, 6.07) is 4.00. The molecule has 0 saturated carbocycles. The minimum absolute atomic E-state index is 0.293. The molecule has 0 aromatic heterocycles. The van der Waals surface area contributed by atoms with Crippen LogP contribution in [0.4, 0.5) is 8.78 Å². The standard InChI is InChI=1S/C13H19F2N/c1-13(2,3)6-7-16-9-10-4-5-11(14)12(15)8-10/h4-5,8,16H,6-7,9H2,1-3H3. The third-order valence-electron chi connectivity index (χ3n) is 2.36. The van der Waals surface area contributed by atoms with Crippen molar-refractivity contribution in [3.05, 3.63) is 35.4 Å². The number of halogens is 2. The van der Waals surface area contributed by atoms with E-state index in [-0.39, 0.29) is 0 Å². The van der Waals surface area contributed by atoms with E-state index in [0.717, 1.165) is 24.6 Å². The van der Waals surface area contributed by atoms with E-state index in [9.17, 15) is 8.78 Å². The monoisotopic (exact) mass is 227 g/mol. The lowest BCUT2D eigenvalue weighted by atomic mass is 9.92. The van der Waals surface area contributed by atoms with Crippen molar-refractivity contribution >= 4 is 0 Å². The Bertz CT molecular complexity index is 342. The van der Waals surface area contributed by atoms with Crippen LogP contribution in [-0.2, 0) is 6.54 Å². The molecule has 1 nitrogen and oxygen atoms in total. The van der Waals surface area contributed by atoms with E-state index >= 15 is 0 Å². The van der Waals surface area contributed by atoms with Gasteiger partial charge >= 0.3 is 0 Å². The van der Waals surface area contributed by atoms with Gasteiger partial charge in [0.05, 0.1) is 0 Å². The van der Waals surface area contributed by atoms with Crippen molar-refractivity contribution in [1.29, 1.82) is 0 Å². The summed E-state index contributed by atoms with van der Waals surface area (Å²) in [4.78, 5) is 0. The quantitative estimate of drug-likeness (QED) is 0.776. The molecule has 0 unspecified atom stereocenters. The molecule has 1 aromatic carbocycles. The first-order valence-electron chi connectivity index (χ1n) is 5.53. The predicted octanol–water partition coefficient (Wildman–Crippen LogP) is 3.49. The van der Waals surface area contributed by atoms with E-state index in [0.29, 0.717) is 12.0 Å². The van der Waals surface area contributed by atoms with Gasteiger partial charge in [0.1, 0.15) is 0 Å². The molecule has 1 aromatic rings. The summed E-state index contributed by atoms with van der Waals surface area (Å²) in [5.41, 5.74) is 1.06. The van der Waals surface area contributed by atoms with Gasteiger partial charge in [-0.25, -0.2) is 8.78 Å². The van der Waals surface area contributed by atoms with Gasteiger partial charge in [0.25, 0.3) is 0 Å². The van der Waals surface area contributed by atoms with Crippen LogP contribution in [0.3, 0.4) is 0 Å². The SMILES string of the molecule is CC(C)(C)CCNCc1ccc(F)c(F)c1. The Morgan fingerprint density at radius 2 is 1.81 bits per heavy atom.